The van der Waals surface area contributed by atoms with Crippen LogP contribution in [0.25, 0.3) is 0 Å². The molecule has 0 spiro atoms. The van der Waals surface area contributed by atoms with E-state index in [1.807, 2.05) is 30.3 Å². The van der Waals surface area contributed by atoms with Crippen LogP contribution in [0, 0.1) is 5.92 Å². The Labute approximate surface area is 118 Å². The van der Waals surface area contributed by atoms with Crippen LogP contribution in [0.5, 0.6) is 0 Å². The van der Waals surface area contributed by atoms with Crippen molar-refractivity contribution in [2.45, 2.75) is 25.3 Å². The molecule has 0 aliphatic carbocycles. The quantitative estimate of drug-likeness (QED) is 0.808. The maximum absolute atomic E-state index is 11.4. The van der Waals surface area contributed by atoms with Gasteiger partial charge in [0.1, 0.15) is 6.79 Å². The molecule has 1 saturated heterocycles. The van der Waals surface area contributed by atoms with Crippen LogP contribution in [-0.4, -0.2) is 47.2 Å². The molecule has 2 unspecified atom stereocenters. The van der Waals surface area contributed by atoms with Gasteiger partial charge in [-0.25, -0.2) is 4.79 Å². The summed E-state index contributed by atoms with van der Waals surface area (Å²) in [5.41, 5.74) is 1.12. The second-order valence-electron chi connectivity index (χ2n) is 5.14. The normalized spacial score (nSPS) is 22.8. The Hall–Kier alpha value is -1.59. The predicted octanol–water partition coefficient (Wildman–Crippen LogP) is 1.95. The zero-order valence-corrected chi connectivity index (χ0v) is 11.4. The molecule has 5 heteroatoms. The third-order valence-electron chi connectivity index (χ3n) is 3.87. The lowest BCUT2D eigenvalue weighted by Crippen LogP contribution is -2.50. The Morgan fingerprint density at radius 2 is 2.10 bits per heavy atom. The minimum Gasteiger partial charge on any atom is -0.465 e. The summed E-state index contributed by atoms with van der Waals surface area (Å²) in [4.78, 5) is 12.9. The number of hydrogen-bond donors (Lipinski definition) is 2. The van der Waals surface area contributed by atoms with Crippen molar-refractivity contribution in [2.75, 3.05) is 19.9 Å². The van der Waals surface area contributed by atoms with Gasteiger partial charge in [0.15, 0.2) is 0 Å². The molecule has 2 rings (SSSR count). The molecular formula is C15H21NO4. The van der Waals surface area contributed by atoms with Gasteiger partial charge in [0.05, 0.1) is 6.61 Å². The minimum absolute atomic E-state index is 0.0878. The highest BCUT2D eigenvalue weighted by molar-refractivity contribution is 5.65. The molecule has 1 aromatic rings. The van der Waals surface area contributed by atoms with Crippen LogP contribution in [0.3, 0.4) is 0 Å². The molecule has 0 aromatic heterocycles. The molecule has 1 aliphatic heterocycles. The molecule has 1 fully saturated rings. The SMILES string of the molecule is O=C(O)N1CCCC(COCO)C1Cc1ccccc1. The third-order valence-corrected chi connectivity index (χ3v) is 3.87. The van der Waals surface area contributed by atoms with E-state index in [1.165, 1.54) is 4.90 Å². The van der Waals surface area contributed by atoms with Gasteiger partial charge in [-0.3, -0.25) is 0 Å². The molecule has 0 radical (unpaired) electrons. The topological polar surface area (TPSA) is 70.0 Å². The van der Waals surface area contributed by atoms with Gasteiger partial charge in [0.25, 0.3) is 0 Å². The van der Waals surface area contributed by atoms with Gasteiger partial charge in [0, 0.05) is 18.5 Å². The lowest BCUT2D eigenvalue weighted by atomic mass is 9.86. The Morgan fingerprint density at radius 1 is 1.35 bits per heavy atom. The largest absolute Gasteiger partial charge is 0.465 e. The first-order chi connectivity index (χ1) is 9.72. The van der Waals surface area contributed by atoms with Gasteiger partial charge < -0.3 is 19.8 Å². The van der Waals surface area contributed by atoms with Gasteiger partial charge in [-0.05, 0) is 24.8 Å². The summed E-state index contributed by atoms with van der Waals surface area (Å²) in [5.74, 6) is 0.132. The highest BCUT2D eigenvalue weighted by Crippen LogP contribution is 2.27. The molecule has 2 atom stereocenters. The van der Waals surface area contributed by atoms with Gasteiger partial charge in [-0.2, -0.15) is 0 Å². The second kappa shape index (κ2) is 7.26. The van der Waals surface area contributed by atoms with Crippen molar-refractivity contribution >= 4 is 6.09 Å². The first-order valence-electron chi connectivity index (χ1n) is 6.94. The molecular weight excluding hydrogens is 258 g/mol. The average Bonchev–Trinajstić information content (AvgIpc) is 2.47. The van der Waals surface area contributed by atoms with Crippen LogP contribution < -0.4 is 0 Å². The Bertz CT molecular complexity index is 423. The van der Waals surface area contributed by atoms with E-state index in [0.29, 0.717) is 19.6 Å². The number of carbonyl (C=O) groups is 1. The van der Waals surface area contributed by atoms with Gasteiger partial charge in [0.2, 0.25) is 0 Å². The molecule has 0 saturated carbocycles. The van der Waals surface area contributed by atoms with Crippen LogP contribution in [0.2, 0.25) is 0 Å². The highest BCUT2D eigenvalue weighted by Gasteiger charge is 2.34. The Morgan fingerprint density at radius 3 is 2.75 bits per heavy atom. The second-order valence-corrected chi connectivity index (χ2v) is 5.14. The van der Waals surface area contributed by atoms with Gasteiger partial charge in [-0.15, -0.1) is 0 Å². The number of piperidine rings is 1. The molecule has 5 nitrogen and oxygen atoms in total. The number of nitrogens with zero attached hydrogens (tertiary/aromatic N) is 1. The summed E-state index contributed by atoms with van der Waals surface area (Å²) < 4.78 is 5.10. The van der Waals surface area contributed by atoms with E-state index in [4.69, 9.17) is 9.84 Å². The maximum Gasteiger partial charge on any atom is 0.407 e. The van der Waals surface area contributed by atoms with Crippen molar-refractivity contribution in [3.8, 4) is 0 Å². The number of ether oxygens (including phenoxy) is 1. The zero-order chi connectivity index (χ0) is 14.4. The predicted molar refractivity (Wildman–Crippen MR) is 74.4 cm³/mol. The first-order valence-corrected chi connectivity index (χ1v) is 6.94. The Kier molecular flexibility index (Phi) is 5.38. The van der Waals surface area contributed by atoms with E-state index in [-0.39, 0.29) is 18.8 Å². The molecule has 1 aliphatic rings. The number of likely N-dealkylation sites (tertiary alicyclic amines) is 1. The van der Waals surface area contributed by atoms with Crippen LogP contribution in [0.4, 0.5) is 4.79 Å². The van der Waals surface area contributed by atoms with Crippen molar-refractivity contribution < 1.29 is 19.7 Å². The summed E-state index contributed by atoms with van der Waals surface area (Å²) in [6, 6.07) is 9.81. The van der Waals surface area contributed by atoms with Crippen LogP contribution >= 0.6 is 0 Å². The van der Waals surface area contributed by atoms with Crippen molar-refractivity contribution in [1.82, 2.24) is 4.90 Å². The summed E-state index contributed by atoms with van der Waals surface area (Å²) in [6.45, 7) is 0.655. The number of rotatable bonds is 5. The monoisotopic (exact) mass is 279 g/mol. The average molecular weight is 279 g/mol. The Balaban J connectivity index is 2.12. The van der Waals surface area contributed by atoms with E-state index in [0.717, 1.165) is 18.4 Å². The molecule has 1 aromatic carbocycles. The molecule has 1 amide bonds. The number of carboxylic acid groups (broad SMARTS) is 1. The number of amides is 1. The fourth-order valence-electron chi connectivity index (χ4n) is 2.90. The summed E-state index contributed by atoms with van der Waals surface area (Å²) in [5, 5.41) is 18.2. The van der Waals surface area contributed by atoms with Crippen molar-refractivity contribution in [3.05, 3.63) is 35.9 Å². The van der Waals surface area contributed by atoms with E-state index in [2.05, 4.69) is 0 Å². The van der Waals surface area contributed by atoms with E-state index in [9.17, 15) is 9.90 Å². The zero-order valence-electron chi connectivity index (χ0n) is 11.4. The van der Waals surface area contributed by atoms with E-state index < -0.39 is 6.09 Å². The van der Waals surface area contributed by atoms with Gasteiger partial charge in [-0.1, -0.05) is 30.3 Å². The first kappa shape index (κ1) is 14.8. The number of hydrogen-bond acceptors (Lipinski definition) is 3. The molecule has 0 bridgehead atoms. The van der Waals surface area contributed by atoms with Crippen LogP contribution in [-0.2, 0) is 11.2 Å². The third kappa shape index (κ3) is 3.71. The van der Waals surface area contributed by atoms with Crippen LogP contribution in [0.1, 0.15) is 18.4 Å². The van der Waals surface area contributed by atoms with E-state index in [1.54, 1.807) is 0 Å². The molecule has 110 valence electrons. The number of aliphatic hydroxyl groups excluding tert-OH is 1. The molecule has 2 N–H and O–H groups in total. The summed E-state index contributed by atoms with van der Waals surface area (Å²) in [7, 11) is 0. The summed E-state index contributed by atoms with van der Waals surface area (Å²) >= 11 is 0. The maximum atomic E-state index is 11.4. The smallest absolute Gasteiger partial charge is 0.407 e. The fraction of sp³-hybridized carbons (Fsp3) is 0.533. The van der Waals surface area contributed by atoms with Crippen molar-refractivity contribution in [1.29, 1.82) is 0 Å². The standard InChI is InChI=1S/C15H21NO4/c17-11-20-10-13-7-4-8-16(15(18)19)14(13)9-12-5-2-1-3-6-12/h1-3,5-6,13-14,17H,4,7-11H2,(H,18,19). The lowest BCUT2D eigenvalue weighted by Gasteiger charge is -2.39. The van der Waals surface area contributed by atoms with Crippen molar-refractivity contribution in [3.63, 3.8) is 0 Å². The molecule has 20 heavy (non-hydrogen) atoms. The minimum atomic E-state index is -0.875. The van der Waals surface area contributed by atoms with E-state index >= 15 is 0 Å². The fourth-order valence-corrected chi connectivity index (χ4v) is 2.90. The van der Waals surface area contributed by atoms with Crippen molar-refractivity contribution in [2.24, 2.45) is 5.92 Å². The van der Waals surface area contributed by atoms with Gasteiger partial charge >= 0.3 is 6.09 Å². The lowest BCUT2D eigenvalue weighted by molar-refractivity contribution is -0.0402. The van der Waals surface area contributed by atoms with Crippen LogP contribution in [0.15, 0.2) is 30.3 Å². The number of benzene rings is 1. The summed E-state index contributed by atoms with van der Waals surface area (Å²) in [6.07, 6.45) is 1.59. The molecule has 1 heterocycles. The number of aliphatic hydroxyl groups is 1. The highest BCUT2D eigenvalue weighted by atomic mass is 16.6.